The van der Waals surface area contributed by atoms with Crippen molar-refractivity contribution in [3.8, 4) is 51.3 Å². The Morgan fingerprint density at radius 1 is 0.639 bits per heavy atom. The number of para-hydroxylation sites is 1. The van der Waals surface area contributed by atoms with Gasteiger partial charge in [-0.2, -0.15) is 0 Å². The molecular formula is C47H63N7O7. The molecule has 3 aromatic carbocycles. The van der Waals surface area contributed by atoms with Gasteiger partial charge >= 0.3 is 12.1 Å². The van der Waals surface area contributed by atoms with Crippen LogP contribution >= 0.6 is 0 Å². The van der Waals surface area contributed by atoms with Crippen molar-refractivity contribution >= 4 is 12.1 Å². The molecule has 14 heteroatoms. The minimum Gasteiger partial charge on any atom is -0.493 e. The third-order valence-electron chi connectivity index (χ3n) is 11.5. The number of benzene rings is 3. The Bertz CT molecular complexity index is 2090. The first kappa shape index (κ1) is 46.2. The van der Waals surface area contributed by atoms with Gasteiger partial charge in [-0.25, -0.2) is 24.1 Å². The Morgan fingerprint density at radius 2 is 1.11 bits per heavy atom. The number of aromatic nitrogens is 4. The molecule has 4 heterocycles. The van der Waals surface area contributed by atoms with Crippen LogP contribution in [0.4, 0.5) is 9.59 Å². The predicted octanol–water partition coefficient (Wildman–Crippen LogP) is 8.69. The monoisotopic (exact) mass is 837 g/mol. The third-order valence-corrected chi connectivity index (χ3v) is 11.5. The van der Waals surface area contributed by atoms with Crippen molar-refractivity contribution < 1.29 is 33.3 Å². The van der Waals surface area contributed by atoms with E-state index in [9.17, 15) is 9.59 Å². The van der Waals surface area contributed by atoms with E-state index in [2.05, 4.69) is 40.5 Å². The zero-order valence-electron chi connectivity index (χ0n) is 37.1. The third kappa shape index (κ3) is 12.6. The Morgan fingerprint density at radius 3 is 1.59 bits per heavy atom. The number of rotatable bonds is 11. The summed E-state index contributed by atoms with van der Waals surface area (Å²) in [5.41, 5.74) is 3.02. The van der Waals surface area contributed by atoms with E-state index in [0.29, 0.717) is 34.4 Å². The minimum atomic E-state index is -0.527. The van der Waals surface area contributed by atoms with Crippen molar-refractivity contribution in [3.05, 3.63) is 91.8 Å². The van der Waals surface area contributed by atoms with Gasteiger partial charge in [0.1, 0.15) is 18.4 Å². The van der Waals surface area contributed by atoms with E-state index in [1.165, 1.54) is 49.8 Å². The fraction of sp³-hybridized carbons (Fsp3) is 0.447. The number of amides is 1. The summed E-state index contributed by atoms with van der Waals surface area (Å²) in [5.74, 6) is 4.03. The van der Waals surface area contributed by atoms with Gasteiger partial charge in [0.25, 0.3) is 0 Å². The van der Waals surface area contributed by atoms with Gasteiger partial charge in [-0.05, 0) is 106 Å². The summed E-state index contributed by atoms with van der Waals surface area (Å²) >= 11 is 0. The molecule has 14 nitrogen and oxygen atoms in total. The van der Waals surface area contributed by atoms with Gasteiger partial charge in [0.15, 0.2) is 23.0 Å². The Balaban J connectivity index is 0.000000190. The summed E-state index contributed by atoms with van der Waals surface area (Å²) in [6.45, 7) is 13.8. The molecule has 0 radical (unpaired) electrons. The molecule has 0 aliphatic carbocycles. The number of carbonyl (C=O) groups is 2. The average Bonchev–Trinajstić information content (AvgIpc) is 4.03. The first-order valence-corrected chi connectivity index (χ1v) is 21.2. The topological polar surface area (TPSA) is 126 Å². The number of likely N-dealkylation sites (tertiary alicyclic amines) is 2. The highest BCUT2D eigenvalue weighted by atomic mass is 16.6. The molecule has 0 bridgehead atoms. The molecule has 1 amide bonds. The summed E-state index contributed by atoms with van der Waals surface area (Å²) in [7, 11) is 8.22. The lowest BCUT2D eigenvalue weighted by Gasteiger charge is -2.36. The molecule has 7 rings (SSSR count). The summed E-state index contributed by atoms with van der Waals surface area (Å²) in [6, 6.07) is 20.1. The number of carbonyl (C=O) groups excluding carboxylic acids is 2. The maximum atomic E-state index is 12.9. The van der Waals surface area contributed by atoms with E-state index >= 15 is 0 Å². The van der Waals surface area contributed by atoms with Gasteiger partial charge in [-0.15, -0.1) is 0 Å². The number of ether oxygens (including phenoxy) is 5. The quantitative estimate of drug-likeness (QED) is 0.127. The van der Waals surface area contributed by atoms with E-state index in [0.717, 1.165) is 55.2 Å². The summed E-state index contributed by atoms with van der Waals surface area (Å²) in [5, 5.41) is 0. The molecule has 0 spiro atoms. The number of nitrogens with zero attached hydrogens (tertiary/aromatic N) is 7. The standard InChI is InChI=1S/C20H28N4O3.C18H16N2O4.C9H19N/c1-5-23-10-8-16(9-11-23)22(2)20(25)24-13-17(21-14-24)15-6-7-18(26-3)19(12-15)27-4;1-22-16-9-8-13(10-17(16)23-2)15-11-20(12-19-15)18(21)24-14-6-4-3-5-7-14;1-3-9-5-7-10(4-2)8-6-9/h6-7,12-14,16H,5,8-11H2,1-4H3;3-12H,1-2H3;9H,3-8H2,1-2H3. The summed E-state index contributed by atoms with van der Waals surface area (Å²) in [4.78, 5) is 40.4. The maximum absolute atomic E-state index is 12.9. The second-order valence-corrected chi connectivity index (χ2v) is 15.0. The molecule has 0 saturated carbocycles. The van der Waals surface area contributed by atoms with E-state index in [-0.39, 0.29) is 12.1 Å². The predicted molar refractivity (Wildman–Crippen MR) is 238 cm³/mol. The second kappa shape index (κ2) is 23.2. The van der Waals surface area contributed by atoms with Crippen LogP contribution in [0.2, 0.25) is 0 Å². The van der Waals surface area contributed by atoms with Crippen LogP contribution in [-0.4, -0.2) is 127 Å². The van der Waals surface area contributed by atoms with Crippen molar-refractivity contribution in [3.63, 3.8) is 0 Å². The fourth-order valence-electron chi connectivity index (χ4n) is 7.45. The van der Waals surface area contributed by atoms with Crippen molar-refractivity contribution in [2.45, 2.75) is 58.9 Å². The average molecular weight is 838 g/mol. The van der Waals surface area contributed by atoms with Crippen LogP contribution in [0.5, 0.6) is 28.7 Å². The molecule has 2 aliphatic heterocycles. The second-order valence-electron chi connectivity index (χ2n) is 15.0. The smallest absolute Gasteiger partial charge is 0.424 e. The highest BCUT2D eigenvalue weighted by Gasteiger charge is 2.26. The zero-order valence-corrected chi connectivity index (χ0v) is 37.1. The SMILES string of the molecule is CCC1CCN(CC)CC1.CCN1CCC(N(C)C(=O)n2cnc(-c3ccc(OC)c(OC)c3)c2)CC1.COc1ccc(-c2cn(C(=O)Oc3ccccc3)cn2)cc1OC. The normalized spacial score (nSPS) is 14.8. The summed E-state index contributed by atoms with van der Waals surface area (Å²) < 4.78 is 29.2. The van der Waals surface area contributed by atoms with Crippen molar-refractivity contribution in [1.82, 2.24) is 33.8 Å². The van der Waals surface area contributed by atoms with Gasteiger partial charge in [-0.1, -0.05) is 45.4 Å². The minimum absolute atomic E-state index is 0.0517. The van der Waals surface area contributed by atoms with E-state index in [1.54, 1.807) is 88.1 Å². The van der Waals surface area contributed by atoms with Gasteiger partial charge < -0.3 is 38.4 Å². The Hall–Kier alpha value is -5.86. The largest absolute Gasteiger partial charge is 0.493 e. The van der Waals surface area contributed by atoms with Gasteiger partial charge in [0.05, 0.1) is 39.8 Å². The lowest BCUT2D eigenvalue weighted by atomic mass is 9.95. The first-order valence-electron chi connectivity index (χ1n) is 21.2. The molecule has 2 saturated heterocycles. The Kier molecular flexibility index (Phi) is 17.6. The first-order chi connectivity index (χ1) is 29.6. The molecule has 2 aromatic heterocycles. The van der Waals surface area contributed by atoms with E-state index < -0.39 is 6.09 Å². The molecule has 2 fully saturated rings. The fourth-order valence-corrected chi connectivity index (χ4v) is 7.45. The maximum Gasteiger partial charge on any atom is 0.424 e. The van der Waals surface area contributed by atoms with Crippen LogP contribution < -0.4 is 23.7 Å². The highest BCUT2D eigenvalue weighted by Crippen LogP contribution is 2.33. The van der Waals surface area contributed by atoms with Crippen LogP contribution in [-0.2, 0) is 0 Å². The molecule has 0 unspecified atom stereocenters. The highest BCUT2D eigenvalue weighted by molar-refractivity contribution is 5.78. The van der Waals surface area contributed by atoms with E-state index in [4.69, 9.17) is 23.7 Å². The van der Waals surface area contributed by atoms with Crippen LogP contribution in [0.15, 0.2) is 91.8 Å². The molecule has 5 aromatic rings. The Labute approximate surface area is 361 Å². The van der Waals surface area contributed by atoms with Gasteiger partial charge in [-0.3, -0.25) is 4.57 Å². The number of hydrogen-bond donors (Lipinski definition) is 0. The molecular weight excluding hydrogens is 775 g/mol. The molecule has 328 valence electrons. The molecule has 61 heavy (non-hydrogen) atoms. The van der Waals surface area contributed by atoms with E-state index in [1.807, 2.05) is 42.3 Å². The van der Waals surface area contributed by atoms with Crippen molar-refractivity contribution in [1.29, 1.82) is 0 Å². The number of imidazole rings is 2. The number of piperidine rings is 2. The molecule has 0 atom stereocenters. The van der Waals surface area contributed by atoms with Crippen LogP contribution in [0.3, 0.4) is 0 Å². The van der Waals surface area contributed by atoms with Gasteiger partial charge in [0, 0.05) is 49.7 Å². The number of hydrogen-bond acceptors (Lipinski definition) is 11. The molecule has 0 N–H and O–H groups in total. The lowest BCUT2D eigenvalue weighted by molar-refractivity contribution is 0.139. The van der Waals surface area contributed by atoms with Crippen LogP contribution in [0, 0.1) is 5.92 Å². The van der Waals surface area contributed by atoms with Crippen molar-refractivity contribution in [2.24, 2.45) is 5.92 Å². The van der Waals surface area contributed by atoms with Crippen LogP contribution in [0.1, 0.15) is 52.9 Å². The zero-order chi connectivity index (χ0) is 43.7. The summed E-state index contributed by atoms with van der Waals surface area (Å²) in [6.07, 6.45) is 12.1. The number of methoxy groups -OCH3 is 4. The lowest BCUT2D eigenvalue weighted by Crippen LogP contribution is -2.46. The van der Waals surface area contributed by atoms with Crippen LogP contribution in [0.25, 0.3) is 22.5 Å². The van der Waals surface area contributed by atoms with Gasteiger partial charge in [0.2, 0.25) is 0 Å². The molecule has 2 aliphatic rings. The van der Waals surface area contributed by atoms with Crippen molar-refractivity contribution in [2.75, 3.05) is 74.8 Å².